The molecule has 0 radical (unpaired) electrons. The van der Waals surface area contributed by atoms with Crippen LogP contribution in [-0.2, 0) is 4.79 Å². The monoisotopic (exact) mass is 412 g/mol. The predicted octanol–water partition coefficient (Wildman–Crippen LogP) is 8.09. The van der Waals surface area contributed by atoms with Gasteiger partial charge in [0.05, 0.1) is 0 Å². The van der Waals surface area contributed by atoms with Gasteiger partial charge in [0.25, 0.3) is 0 Å². The molecule has 4 aliphatic carbocycles. The van der Waals surface area contributed by atoms with E-state index in [0.717, 1.165) is 48.3 Å². The van der Waals surface area contributed by atoms with Crippen LogP contribution in [0.1, 0.15) is 106 Å². The Balaban J connectivity index is 1.50. The zero-order chi connectivity index (χ0) is 21.7. The van der Waals surface area contributed by atoms with Crippen molar-refractivity contribution in [3.63, 3.8) is 0 Å². The van der Waals surface area contributed by atoms with Crippen LogP contribution in [0.25, 0.3) is 0 Å². The number of hydrogen-bond acceptors (Lipinski definition) is 1. The lowest BCUT2D eigenvalue weighted by molar-refractivity contribution is -0.140. The molecule has 4 aliphatic rings. The molecule has 0 saturated heterocycles. The molecular formula is C29H48O. The van der Waals surface area contributed by atoms with Gasteiger partial charge < -0.3 is 0 Å². The summed E-state index contributed by atoms with van der Waals surface area (Å²) in [5, 5.41) is 0. The quantitative estimate of drug-likeness (QED) is 0.417. The fourth-order valence-electron chi connectivity index (χ4n) is 9.23. The summed E-state index contributed by atoms with van der Waals surface area (Å²) in [6.45, 7) is 14.8. The van der Waals surface area contributed by atoms with Crippen LogP contribution in [0.15, 0.2) is 12.2 Å². The molecule has 4 rings (SSSR count). The maximum atomic E-state index is 12.1. The molecule has 4 saturated carbocycles. The molecule has 0 heterocycles. The summed E-state index contributed by atoms with van der Waals surface area (Å²) >= 11 is 0. The van der Waals surface area contributed by atoms with E-state index in [0.29, 0.717) is 28.4 Å². The van der Waals surface area contributed by atoms with Crippen LogP contribution in [0.5, 0.6) is 0 Å². The van der Waals surface area contributed by atoms with Crippen molar-refractivity contribution in [3.8, 4) is 0 Å². The number of allylic oxidation sites excluding steroid dienone is 2. The lowest BCUT2D eigenvalue weighted by Gasteiger charge is -2.60. The highest BCUT2D eigenvalue weighted by Gasteiger charge is 2.60. The molecule has 0 aliphatic heterocycles. The molecule has 30 heavy (non-hydrogen) atoms. The SMILES string of the molecule is CC[C@H](/C=C/[C@@H](C)C1CCC2C3CCC4CC(=O)CC[C@]4(C)C3CC[C@@]21C)C(C)C. The van der Waals surface area contributed by atoms with Gasteiger partial charge in [0.2, 0.25) is 0 Å². The topological polar surface area (TPSA) is 17.1 Å². The van der Waals surface area contributed by atoms with Crippen molar-refractivity contribution < 1.29 is 4.79 Å². The molecule has 0 aromatic carbocycles. The Morgan fingerprint density at radius 2 is 1.67 bits per heavy atom. The van der Waals surface area contributed by atoms with Gasteiger partial charge >= 0.3 is 0 Å². The Kier molecular flexibility index (Phi) is 6.33. The fourth-order valence-corrected chi connectivity index (χ4v) is 9.23. The second-order valence-electron chi connectivity index (χ2n) is 12.7. The number of fused-ring (bicyclic) bond motifs is 5. The van der Waals surface area contributed by atoms with Gasteiger partial charge in [0, 0.05) is 12.8 Å². The summed E-state index contributed by atoms with van der Waals surface area (Å²) in [5.74, 6) is 7.04. The van der Waals surface area contributed by atoms with Crippen LogP contribution in [0.4, 0.5) is 0 Å². The zero-order valence-electron chi connectivity index (χ0n) is 20.8. The molecule has 5 unspecified atom stereocenters. The van der Waals surface area contributed by atoms with Gasteiger partial charge in [0.15, 0.2) is 0 Å². The van der Waals surface area contributed by atoms with E-state index < -0.39 is 0 Å². The second-order valence-corrected chi connectivity index (χ2v) is 12.7. The number of carbonyl (C=O) groups excluding carboxylic acids is 1. The van der Waals surface area contributed by atoms with Crippen LogP contribution in [-0.4, -0.2) is 5.78 Å². The van der Waals surface area contributed by atoms with Crippen LogP contribution in [0, 0.1) is 58.2 Å². The van der Waals surface area contributed by atoms with Gasteiger partial charge in [0.1, 0.15) is 5.78 Å². The normalized spacial score (nSPS) is 45.8. The van der Waals surface area contributed by atoms with Crippen molar-refractivity contribution >= 4 is 5.78 Å². The Labute approximate surface area is 186 Å². The first kappa shape index (κ1) is 22.6. The molecule has 9 atom stereocenters. The highest BCUT2D eigenvalue weighted by atomic mass is 16.1. The predicted molar refractivity (Wildman–Crippen MR) is 127 cm³/mol. The summed E-state index contributed by atoms with van der Waals surface area (Å²) in [4.78, 5) is 12.1. The molecule has 0 spiro atoms. The minimum atomic E-state index is 0.452. The molecule has 0 N–H and O–H groups in total. The van der Waals surface area contributed by atoms with Gasteiger partial charge in [-0.1, -0.05) is 53.7 Å². The Hall–Kier alpha value is -0.590. The van der Waals surface area contributed by atoms with Crippen LogP contribution in [0.3, 0.4) is 0 Å². The number of carbonyl (C=O) groups is 1. The van der Waals surface area contributed by atoms with Crippen molar-refractivity contribution in [2.75, 3.05) is 0 Å². The number of hydrogen-bond donors (Lipinski definition) is 0. The van der Waals surface area contributed by atoms with E-state index in [9.17, 15) is 4.79 Å². The van der Waals surface area contributed by atoms with Gasteiger partial charge in [-0.05, 0) is 110 Å². The van der Waals surface area contributed by atoms with Crippen molar-refractivity contribution in [3.05, 3.63) is 12.2 Å². The molecule has 0 aromatic heterocycles. The Morgan fingerprint density at radius 1 is 0.933 bits per heavy atom. The molecule has 170 valence electrons. The first-order chi connectivity index (χ1) is 14.2. The van der Waals surface area contributed by atoms with Crippen molar-refractivity contribution in [1.82, 2.24) is 0 Å². The zero-order valence-corrected chi connectivity index (χ0v) is 20.8. The van der Waals surface area contributed by atoms with Crippen LogP contribution >= 0.6 is 0 Å². The summed E-state index contributed by atoms with van der Waals surface area (Å²) in [6, 6.07) is 0. The van der Waals surface area contributed by atoms with E-state index in [2.05, 4.69) is 53.7 Å². The van der Waals surface area contributed by atoms with Gasteiger partial charge in [-0.15, -0.1) is 0 Å². The first-order valence-electron chi connectivity index (χ1n) is 13.4. The fraction of sp³-hybridized carbons (Fsp3) is 0.897. The van der Waals surface area contributed by atoms with E-state index in [4.69, 9.17) is 0 Å². The summed E-state index contributed by atoms with van der Waals surface area (Å²) in [7, 11) is 0. The summed E-state index contributed by atoms with van der Waals surface area (Å²) in [6.07, 6.45) is 17.8. The van der Waals surface area contributed by atoms with Gasteiger partial charge in [-0.3, -0.25) is 4.79 Å². The molecule has 0 amide bonds. The highest BCUT2D eigenvalue weighted by Crippen LogP contribution is 2.68. The van der Waals surface area contributed by atoms with Crippen molar-refractivity contribution in [1.29, 1.82) is 0 Å². The van der Waals surface area contributed by atoms with E-state index in [1.165, 1.54) is 51.4 Å². The average molecular weight is 413 g/mol. The summed E-state index contributed by atoms with van der Waals surface area (Å²) < 4.78 is 0. The average Bonchev–Trinajstić information content (AvgIpc) is 3.06. The third-order valence-electron chi connectivity index (χ3n) is 11.2. The van der Waals surface area contributed by atoms with E-state index in [1.54, 1.807) is 0 Å². The summed E-state index contributed by atoms with van der Waals surface area (Å²) in [5.41, 5.74) is 0.992. The van der Waals surface area contributed by atoms with E-state index in [-0.39, 0.29) is 0 Å². The maximum Gasteiger partial charge on any atom is 0.133 e. The van der Waals surface area contributed by atoms with Gasteiger partial charge in [-0.25, -0.2) is 0 Å². The Morgan fingerprint density at radius 3 is 2.37 bits per heavy atom. The Bertz CT molecular complexity index is 661. The molecular weight excluding hydrogens is 364 g/mol. The lowest BCUT2D eigenvalue weighted by atomic mass is 9.44. The third kappa shape index (κ3) is 3.65. The number of Topliss-reactive ketones (excluding diaryl/α,β-unsaturated/α-hetero) is 1. The molecule has 1 nitrogen and oxygen atoms in total. The highest BCUT2D eigenvalue weighted by molar-refractivity contribution is 5.79. The second kappa shape index (κ2) is 8.40. The van der Waals surface area contributed by atoms with Gasteiger partial charge in [-0.2, -0.15) is 0 Å². The van der Waals surface area contributed by atoms with Crippen LogP contribution < -0.4 is 0 Å². The van der Waals surface area contributed by atoms with Crippen molar-refractivity contribution in [2.45, 2.75) is 106 Å². The smallest absolute Gasteiger partial charge is 0.133 e. The first-order valence-corrected chi connectivity index (χ1v) is 13.4. The van der Waals surface area contributed by atoms with E-state index in [1.807, 2.05) is 0 Å². The lowest BCUT2D eigenvalue weighted by Crippen LogP contribution is -2.53. The van der Waals surface area contributed by atoms with Crippen molar-refractivity contribution in [2.24, 2.45) is 58.2 Å². The standard InChI is InChI=1S/C29H48O/c1-7-21(19(2)3)9-8-20(4)25-12-13-26-24-11-10-22-18-23(30)14-16-28(22,5)27(24)15-17-29(25,26)6/h8-9,19-22,24-27H,7,10-18H2,1-6H3/b9-8+/t20-,21-,22?,24?,25?,26?,27?,28+,29-/m1/s1. The van der Waals surface area contributed by atoms with Crippen LogP contribution in [0.2, 0.25) is 0 Å². The number of ketones is 1. The molecule has 4 fully saturated rings. The maximum absolute atomic E-state index is 12.1. The molecule has 1 heteroatoms. The minimum Gasteiger partial charge on any atom is -0.300 e. The van der Waals surface area contributed by atoms with E-state index >= 15 is 0 Å². The molecule has 0 aromatic rings. The molecule has 0 bridgehead atoms. The largest absolute Gasteiger partial charge is 0.300 e. The third-order valence-corrected chi connectivity index (χ3v) is 11.2. The minimum absolute atomic E-state index is 0.452. The number of rotatable bonds is 5.